The Hall–Kier alpha value is -1.19. The van der Waals surface area contributed by atoms with Crippen LogP contribution in [-0.4, -0.2) is 64.7 Å². The van der Waals surface area contributed by atoms with Crippen LogP contribution in [0.4, 0.5) is 0 Å². The molecule has 9 heteroatoms. The average Bonchev–Trinajstić information content (AvgIpc) is 2.55. The van der Waals surface area contributed by atoms with E-state index in [4.69, 9.17) is 16.3 Å². The maximum Gasteiger partial charge on any atom is 0.241 e. The van der Waals surface area contributed by atoms with E-state index in [0.29, 0.717) is 31.3 Å². The predicted molar refractivity (Wildman–Crippen MR) is 91.5 cm³/mol. The van der Waals surface area contributed by atoms with Gasteiger partial charge in [0, 0.05) is 31.2 Å². The van der Waals surface area contributed by atoms with Crippen molar-refractivity contribution in [1.82, 2.24) is 14.9 Å². The Morgan fingerprint density at radius 3 is 2.54 bits per heavy atom. The summed E-state index contributed by atoms with van der Waals surface area (Å²) in [5.41, 5.74) is 0. The van der Waals surface area contributed by atoms with E-state index in [1.165, 1.54) is 31.2 Å². The van der Waals surface area contributed by atoms with Gasteiger partial charge in [-0.3, -0.25) is 9.69 Å². The van der Waals surface area contributed by atoms with Crippen LogP contribution in [0.1, 0.15) is 6.92 Å². The van der Waals surface area contributed by atoms with Crippen LogP contribution in [0.2, 0.25) is 5.02 Å². The molecular weight excluding hydrogens is 354 g/mol. The zero-order valence-corrected chi connectivity index (χ0v) is 15.1. The van der Waals surface area contributed by atoms with Gasteiger partial charge in [-0.15, -0.1) is 0 Å². The minimum Gasteiger partial charge on any atom is -0.379 e. The number of carbonyl (C=O) groups excluding carboxylic acids is 1. The first-order valence-electron chi connectivity index (χ1n) is 7.74. The van der Waals surface area contributed by atoms with Crippen molar-refractivity contribution in [3.63, 3.8) is 0 Å². The normalized spacial score (nSPS) is 17.4. The molecule has 0 bridgehead atoms. The van der Waals surface area contributed by atoms with Crippen LogP contribution >= 0.6 is 11.6 Å². The molecule has 7 nitrogen and oxygen atoms in total. The van der Waals surface area contributed by atoms with E-state index in [2.05, 4.69) is 14.9 Å². The van der Waals surface area contributed by atoms with Crippen LogP contribution in [0.5, 0.6) is 0 Å². The Kier molecular flexibility index (Phi) is 7.00. The number of nitrogens with one attached hydrogen (secondary N) is 2. The smallest absolute Gasteiger partial charge is 0.241 e. The lowest BCUT2D eigenvalue weighted by Crippen LogP contribution is -2.47. The van der Waals surface area contributed by atoms with E-state index in [0.717, 1.165) is 13.1 Å². The van der Waals surface area contributed by atoms with Gasteiger partial charge in [-0.1, -0.05) is 11.6 Å². The van der Waals surface area contributed by atoms with Crippen LogP contribution in [0.15, 0.2) is 29.2 Å². The lowest BCUT2D eigenvalue weighted by molar-refractivity contribution is -0.122. The van der Waals surface area contributed by atoms with Crippen molar-refractivity contribution < 1.29 is 17.9 Å². The van der Waals surface area contributed by atoms with Crippen LogP contribution in [0, 0.1) is 0 Å². The SMILES string of the molecule is C[C@@H](NS(=O)(=O)c1ccc(Cl)cc1)C(=O)NCCN1CCOCC1. The molecule has 0 aromatic heterocycles. The molecule has 2 rings (SSSR count). The maximum atomic E-state index is 12.2. The number of hydrogen-bond acceptors (Lipinski definition) is 5. The first-order chi connectivity index (χ1) is 11.4. The largest absolute Gasteiger partial charge is 0.379 e. The van der Waals surface area contributed by atoms with Crippen molar-refractivity contribution in [2.75, 3.05) is 39.4 Å². The maximum absolute atomic E-state index is 12.2. The third kappa shape index (κ3) is 5.71. The van der Waals surface area contributed by atoms with Gasteiger partial charge >= 0.3 is 0 Å². The molecule has 0 spiro atoms. The summed E-state index contributed by atoms with van der Waals surface area (Å²) in [6.07, 6.45) is 0. The summed E-state index contributed by atoms with van der Waals surface area (Å²) in [6, 6.07) is 4.91. The number of carbonyl (C=O) groups is 1. The number of benzene rings is 1. The van der Waals surface area contributed by atoms with Crippen LogP contribution in [0.3, 0.4) is 0 Å². The molecule has 1 aromatic carbocycles. The Balaban J connectivity index is 1.80. The summed E-state index contributed by atoms with van der Waals surface area (Å²) >= 11 is 5.75. The Morgan fingerprint density at radius 1 is 1.29 bits per heavy atom. The van der Waals surface area contributed by atoms with Crippen LogP contribution in [-0.2, 0) is 19.6 Å². The standard InChI is InChI=1S/C15H22ClN3O4S/c1-12(15(20)17-6-7-19-8-10-23-11-9-19)18-24(21,22)14-4-2-13(16)3-5-14/h2-5,12,18H,6-11H2,1H3,(H,17,20)/t12-/m1/s1. The van der Waals surface area contributed by atoms with Crippen molar-refractivity contribution in [2.45, 2.75) is 17.9 Å². The average molecular weight is 376 g/mol. The van der Waals surface area contributed by atoms with Crippen LogP contribution < -0.4 is 10.0 Å². The number of sulfonamides is 1. The van der Waals surface area contributed by atoms with Crippen LogP contribution in [0.25, 0.3) is 0 Å². The number of rotatable bonds is 7. The number of nitrogens with zero attached hydrogens (tertiary/aromatic N) is 1. The molecule has 24 heavy (non-hydrogen) atoms. The summed E-state index contributed by atoms with van der Waals surface area (Å²) < 4.78 is 32.1. The van der Waals surface area contributed by atoms with Gasteiger partial charge in [-0.05, 0) is 31.2 Å². The van der Waals surface area contributed by atoms with Crippen molar-refractivity contribution >= 4 is 27.5 Å². The van der Waals surface area contributed by atoms with Gasteiger partial charge in [-0.2, -0.15) is 4.72 Å². The summed E-state index contributed by atoms with van der Waals surface area (Å²) in [7, 11) is -3.76. The molecule has 1 amide bonds. The molecule has 0 aliphatic carbocycles. The van der Waals surface area contributed by atoms with E-state index in [9.17, 15) is 13.2 Å². The summed E-state index contributed by atoms with van der Waals surface area (Å²) in [5, 5.41) is 3.19. The molecule has 0 saturated carbocycles. The monoisotopic (exact) mass is 375 g/mol. The van der Waals surface area contributed by atoms with Gasteiger partial charge in [0.25, 0.3) is 0 Å². The van der Waals surface area contributed by atoms with Gasteiger partial charge in [0.2, 0.25) is 15.9 Å². The van der Waals surface area contributed by atoms with E-state index in [1.54, 1.807) is 0 Å². The first kappa shape index (κ1) is 19.1. The second-order valence-corrected chi connectivity index (χ2v) is 7.69. The van der Waals surface area contributed by atoms with Crippen molar-refractivity contribution in [2.24, 2.45) is 0 Å². The number of halogens is 1. The van der Waals surface area contributed by atoms with Crippen molar-refractivity contribution in [1.29, 1.82) is 0 Å². The Bertz CT molecular complexity index is 645. The predicted octanol–water partition coefficient (Wildman–Crippen LogP) is 0.455. The zero-order valence-electron chi connectivity index (χ0n) is 13.5. The van der Waals surface area contributed by atoms with Gasteiger partial charge in [0.1, 0.15) is 0 Å². The third-order valence-electron chi connectivity index (χ3n) is 3.68. The van der Waals surface area contributed by atoms with Crippen molar-refractivity contribution in [3.05, 3.63) is 29.3 Å². The zero-order chi connectivity index (χ0) is 17.6. The van der Waals surface area contributed by atoms with Crippen molar-refractivity contribution in [3.8, 4) is 0 Å². The van der Waals surface area contributed by atoms with E-state index in [-0.39, 0.29) is 10.8 Å². The summed E-state index contributed by atoms with van der Waals surface area (Å²) in [6.45, 7) is 5.77. The second kappa shape index (κ2) is 8.77. The lowest BCUT2D eigenvalue weighted by Gasteiger charge is -2.26. The highest BCUT2D eigenvalue weighted by atomic mass is 35.5. The highest BCUT2D eigenvalue weighted by molar-refractivity contribution is 7.89. The molecule has 2 N–H and O–H groups in total. The molecule has 1 atom stereocenters. The molecule has 1 heterocycles. The highest BCUT2D eigenvalue weighted by Gasteiger charge is 2.22. The molecule has 1 saturated heterocycles. The molecule has 134 valence electrons. The van der Waals surface area contributed by atoms with Gasteiger partial charge in [-0.25, -0.2) is 8.42 Å². The fourth-order valence-corrected chi connectivity index (χ4v) is 3.61. The minimum atomic E-state index is -3.76. The highest BCUT2D eigenvalue weighted by Crippen LogP contribution is 2.14. The summed E-state index contributed by atoms with van der Waals surface area (Å²) in [4.78, 5) is 14.3. The van der Waals surface area contributed by atoms with E-state index < -0.39 is 16.1 Å². The number of ether oxygens (including phenoxy) is 1. The number of morpholine rings is 1. The molecule has 1 fully saturated rings. The van der Waals surface area contributed by atoms with Gasteiger partial charge in [0.15, 0.2) is 0 Å². The molecule has 0 unspecified atom stereocenters. The van der Waals surface area contributed by atoms with Gasteiger partial charge < -0.3 is 10.1 Å². The molecule has 0 radical (unpaired) electrons. The second-order valence-electron chi connectivity index (χ2n) is 5.54. The molecule has 1 aliphatic rings. The fraction of sp³-hybridized carbons (Fsp3) is 0.533. The summed E-state index contributed by atoms with van der Waals surface area (Å²) in [5.74, 6) is -0.360. The molecular formula is C15H22ClN3O4S. The molecule has 1 aliphatic heterocycles. The number of hydrogen-bond donors (Lipinski definition) is 2. The van der Waals surface area contributed by atoms with E-state index >= 15 is 0 Å². The molecule has 1 aromatic rings. The fourth-order valence-electron chi connectivity index (χ4n) is 2.28. The first-order valence-corrected chi connectivity index (χ1v) is 9.60. The third-order valence-corrected chi connectivity index (χ3v) is 5.49. The van der Waals surface area contributed by atoms with E-state index in [1.807, 2.05) is 0 Å². The Morgan fingerprint density at radius 2 is 1.92 bits per heavy atom. The quantitative estimate of drug-likeness (QED) is 0.722. The van der Waals surface area contributed by atoms with Gasteiger partial charge in [0.05, 0.1) is 24.2 Å². The lowest BCUT2D eigenvalue weighted by atomic mass is 10.3. The topological polar surface area (TPSA) is 87.7 Å². The Labute approximate surface area is 147 Å². The number of amides is 1. The minimum absolute atomic E-state index is 0.0693.